The van der Waals surface area contributed by atoms with Gasteiger partial charge in [0.15, 0.2) is 0 Å². The Hall–Kier alpha value is -3.73. The van der Waals surface area contributed by atoms with Crippen molar-refractivity contribution in [1.29, 1.82) is 0 Å². The van der Waals surface area contributed by atoms with Crippen LogP contribution in [0.3, 0.4) is 0 Å². The van der Waals surface area contributed by atoms with Crippen LogP contribution >= 0.6 is 0 Å². The number of imidazole rings is 1. The van der Waals surface area contributed by atoms with Crippen LogP contribution in [0.4, 0.5) is 0 Å². The number of hydrogen-bond acceptors (Lipinski definition) is 6. The zero-order valence-corrected chi connectivity index (χ0v) is 27.5. The number of nitrogens with zero attached hydrogens (tertiary/aromatic N) is 1. The summed E-state index contributed by atoms with van der Waals surface area (Å²) in [4.78, 5) is 58.5. The molecule has 11 nitrogen and oxygen atoms in total. The van der Waals surface area contributed by atoms with E-state index in [4.69, 9.17) is 5.11 Å². The van der Waals surface area contributed by atoms with Crippen LogP contribution in [0, 0.1) is 17.8 Å². The molecule has 254 valence electrons. The number of carboxylic acids is 1. The maximum atomic E-state index is 14.0. The van der Waals surface area contributed by atoms with Gasteiger partial charge >= 0.3 is 5.97 Å². The van der Waals surface area contributed by atoms with Gasteiger partial charge in [-0.3, -0.25) is 19.2 Å². The molecule has 1 aromatic heterocycles. The SMILES string of the molecule is CC[C@@H](C[C@@H](O)[C@H](CC1CCCCC1)NC(=O)[C@H](Cc1cnc[nH]1)NC(=O)[C@H](Cc1ccccc1)NC(=O)CCC(=O)O)C(C)C. The standard InChI is InChI=1S/C35H53N5O6/c1-4-26(23(2)3)19-31(41)28(17-24-11-7-5-8-12-24)39-35(46)30(20-27-21-36-22-37-27)40-34(45)29(18-25-13-9-6-10-14-25)38-32(42)15-16-33(43)44/h6,9-10,13-14,21-24,26,28-31,41H,4-5,7-8,11-12,15-20H2,1-3H3,(H,36,37)(H,38,42)(H,39,46)(H,40,45)(H,43,44)/t26-,28-,29-,30-,31+/m0/s1. The normalized spacial score (nSPS) is 17.0. The Balaban J connectivity index is 1.82. The van der Waals surface area contributed by atoms with Crippen molar-refractivity contribution in [2.24, 2.45) is 17.8 Å². The van der Waals surface area contributed by atoms with Crippen molar-refractivity contribution in [3.05, 3.63) is 54.1 Å². The molecule has 0 aliphatic heterocycles. The molecule has 1 saturated carbocycles. The van der Waals surface area contributed by atoms with E-state index in [1.807, 2.05) is 30.3 Å². The summed E-state index contributed by atoms with van der Waals surface area (Å²) in [6.45, 7) is 6.42. The Morgan fingerprint density at radius 2 is 1.61 bits per heavy atom. The number of benzene rings is 1. The molecule has 5 atom stereocenters. The van der Waals surface area contributed by atoms with E-state index in [0.29, 0.717) is 36.3 Å². The number of aromatic amines is 1. The van der Waals surface area contributed by atoms with Crippen molar-refractivity contribution in [2.75, 3.05) is 0 Å². The van der Waals surface area contributed by atoms with Crippen molar-refractivity contribution in [3.8, 4) is 0 Å². The summed E-state index contributed by atoms with van der Waals surface area (Å²) in [5.41, 5.74) is 1.43. The first-order valence-corrected chi connectivity index (χ1v) is 16.9. The van der Waals surface area contributed by atoms with Crippen LogP contribution in [-0.2, 0) is 32.0 Å². The molecular formula is C35H53N5O6. The van der Waals surface area contributed by atoms with Gasteiger partial charge in [0.2, 0.25) is 17.7 Å². The Labute approximate surface area is 272 Å². The molecule has 0 bridgehead atoms. The average Bonchev–Trinajstić information content (AvgIpc) is 3.55. The number of nitrogens with one attached hydrogen (secondary N) is 4. The molecule has 0 saturated heterocycles. The van der Waals surface area contributed by atoms with Gasteiger partial charge < -0.3 is 31.1 Å². The highest BCUT2D eigenvalue weighted by Crippen LogP contribution is 2.30. The number of carbonyl (C=O) groups is 4. The van der Waals surface area contributed by atoms with Gasteiger partial charge in [-0.2, -0.15) is 0 Å². The maximum Gasteiger partial charge on any atom is 0.303 e. The van der Waals surface area contributed by atoms with Crippen LogP contribution in [-0.4, -0.2) is 68.1 Å². The number of aliphatic hydroxyl groups excluding tert-OH is 1. The second-order valence-corrected chi connectivity index (χ2v) is 13.1. The summed E-state index contributed by atoms with van der Waals surface area (Å²) < 4.78 is 0. The Morgan fingerprint density at radius 1 is 0.935 bits per heavy atom. The van der Waals surface area contributed by atoms with Crippen molar-refractivity contribution < 1.29 is 29.4 Å². The molecule has 2 aromatic rings. The van der Waals surface area contributed by atoms with Gasteiger partial charge in [0.05, 0.1) is 24.9 Å². The van der Waals surface area contributed by atoms with Gasteiger partial charge in [-0.25, -0.2) is 4.98 Å². The fourth-order valence-electron chi connectivity index (χ4n) is 6.41. The van der Waals surface area contributed by atoms with E-state index in [2.05, 4.69) is 46.7 Å². The fourth-order valence-corrected chi connectivity index (χ4v) is 6.41. The van der Waals surface area contributed by atoms with Crippen molar-refractivity contribution in [2.45, 2.75) is 122 Å². The lowest BCUT2D eigenvalue weighted by Crippen LogP contribution is -2.57. The van der Waals surface area contributed by atoms with Crippen LogP contribution < -0.4 is 16.0 Å². The minimum absolute atomic E-state index is 0.123. The third kappa shape index (κ3) is 12.6. The molecule has 1 aliphatic rings. The quantitative estimate of drug-likeness (QED) is 0.135. The van der Waals surface area contributed by atoms with E-state index in [1.54, 1.807) is 6.20 Å². The largest absolute Gasteiger partial charge is 0.481 e. The van der Waals surface area contributed by atoms with Gasteiger partial charge in [0.1, 0.15) is 12.1 Å². The number of H-pyrrole nitrogens is 1. The van der Waals surface area contributed by atoms with Crippen LogP contribution in [0.15, 0.2) is 42.9 Å². The van der Waals surface area contributed by atoms with E-state index in [1.165, 1.54) is 12.7 Å². The summed E-state index contributed by atoms with van der Waals surface area (Å²) in [6, 6.07) is 6.62. The Kier molecular flexibility index (Phi) is 15.2. The Morgan fingerprint density at radius 3 is 2.22 bits per heavy atom. The first-order valence-electron chi connectivity index (χ1n) is 16.9. The lowest BCUT2D eigenvalue weighted by molar-refractivity contribution is -0.139. The zero-order valence-electron chi connectivity index (χ0n) is 27.5. The summed E-state index contributed by atoms with van der Waals surface area (Å²) in [7, 11) is 0. The third-order valence-corrected chi connectivity index (χ3v) is 9.23. The van der Waals surface area contributed by atoms with Crippen LogP contribution in [0.2, 0.25) is 0 Å². The summed E-state index contributed by atoms with van der Waals surface area (Å²) in [5, 5.41) is 29.2. The van der Waals surface area contributed by atoms with Crippen molar-refractivity contribution >= 4 is 23.7 Å². The van der Waals surface area contributed by atoms with E-state index < -0.39 is 47.9 Å². The number of rotatable bonds is 19. The second kappa shape index (κ2) is 19.1. The summed E-state index contributed by atoms with van der Waals surface area (Å²) in [5.74, 6) is -1.56. The summed E-state index contributed by atoms with van der Waals surface area (Å²) >= 11 is 0. The van der Waals surface area contributed by atoms with E-state index in [-0.39, 0.29) is 25.7 Å². The van der Waals surface area contributed by atoms with Gasteiger partial charge in [-0.05, 0) is 36.2 Å². The lowest BCUT2D eigenvalue weighted by atomic mass is 9.80. The first kappa shape index (κ1) is 36.7. The van der Waals surface area contributed by atoms with E-state index >= 15 is 0 Å². The van der Waals surface area contributed by atoms with E-state index in [0.717, 1.165) is 37.7 Å². The van der Waals surface area contributed by atoms with Gasteiger partial charge in [-0.15, -0.1) is 0 Å². The molecule has 3 amide bonds. The van der Waals surface area contributed by atoms with Crippen LogP contribution in [0.1, 0.15) is 96.2 Å². The molecule has 0 radical (unpaired) electrons. The predicted molar refractivity (Wildman–Crippen MR) is 176 cm³/mol. The molecule has 1 heterocycles. The van der Waals surface area contributed by atoms with Gasteiger partial charge in [-0.1, -0.05) is 89.6 Å². The molecule has 0 spiro atoms. The van der Waals surface area contributed by atoms with Gasteiger partial charge in [0.25, 0.3) is 0 Å². The number of aromatic nitrogens is 2. The topological polar surface area (TPSA) is 174 Å². The average molecular weight is 640 g/mol. The molecule has 1 aromatic carbocycles. The van der Waals surface area contributed by atoms with E-state index in [9.17, 15) is 24.3 Å². The first-order chi connectivity index (χ1) is 22.0. The minimum Gasteiger partial charge on any atom is -0.481 e. The van der Waals surface area contributed by atoms with Crippen LogP contribution in [0.5, 0.6) is 0 Å². The molecular weight excluding hydrogens is 586 g/mol. The summed E-state index contributed by atoms with van der Waals surface area (Å²) in [6.07, 6.45) is 9.79. The van der Waals surface area contributed by atoms with Gasteiger partial charge in [0, 0.05) is 31.2 Å². The molecule has 46 heavy (non-hydrogen) atoms. The minimum atomic E-state index is -1.11. The number of aliphatic carboxylic acids is 1. The highest BCUT2D eigenvalue weighted by Gasteiger charge is 2.33. The Bertz CT molecular complexity index is 1220. The monoisotopic (exact) mass is 639 g/mol. The predicted octanol–water partition coefficient (Wildman–Crippen LogP) is 3.92. The second-order valence-electron chi connectivity index (χ2n) is 13.1. The highest BCUT2D eigenvalue weighted by molar-refractivity contribution is 5.92. The molecule has 3 rings (SSSR count). The number of carboxylic acid groups (broad SMARTS) is 1. The van der Waals surface area contributed by atoms with Crippen molar-refractivity contribution in [1.82, 2.24) is 25.9 Å². The number of amides is 3. The fraction of sp³-hybridized carbons (Fsp3) is 0.629. The molecule has 1 aliphatic carbocycles. The smallest absolute Gasteiger partial charge is 0.303 e. The third-order valence-electron chi connectivity index (χ3n) is 9.23. The molecule has 6 N–H and O–H groups in total. The molecule has 0 unspecified atom stereocenters. The number of hydrogen-bond donors (Lipinski definition) is 6. The lowest BCUT2D eigenvalue weighted by Gasteiger charge is -2.33. The van der Waals surface area contributed by atoms with Crippen LogP contribution in [0.25, 0.3) is 0 Å². The maximum absolute atomic E-state index is 14.0. The molecule has 11 heteroatoms. The number of carbonyl (C=O) groups excluding carboxylic acids is 3. The highest BCUT2D eigenvalue weighted by atomic mass is 16.4. The number of aliphatic hydroxyl groups is 1. The van der Waals surface area contributed by atoms with Crippen molar-refractivity contribution in [3.63, 3.8) is 0 Å². The zero-order chi connectivity index (χ0) is 33.5. The molecule has 1 fully saturated rings.